The number of para-hydroxylation sites is 1. The van der Waals surface area contributed by atoms with Crippen molar-refractivity contribution in [3.05, 3.63) is 59.7 Å². The van der Waals surface area contributed by atoms with E-state index in [4.69, 9.17) is 0 Å². The van der Waals surface area contributed by atoms with Gasteiger partial charge in [-0.05, 0) is 30.7 Å². The number of fused-ring (bicyclic) bond motifs is 1. The van der Waals surface area contributed by atoms with Gasteiger partial charge in [-0.2, -0.15) is 5.26 Å². The zero-order chi connectivity index (χ0) is 17.1. The number of aromatic nitrogens is 1. The topological polar surface area (TPSA) is 61.0 Å². The van der Waals surface area contributed by atoms with Gasteiger partial charge in [0.15, 0.2) is 0 Å². The summed E-state index contributed by atoms with van der Waals surface area (Å²) in [7, 11) is 0. The molecule has 0 saturated heterocycles. The largest absolute Gasteiger partial charge is 0.374 e. The standard InChI is InChI=1S/C20H21N3O/c1-3-22-20(24)15-11-9-14(10-12-15)19-17(13-21)16-7-5-6-8-18(16)23(19)4-2/h5-12,20,22,24H,3-4H2,1-2H3. The van der Waals surface area contributed by atoms with Gasteiger partial charge in [0.2, 0.25) is 0 Å². The average molecular weight is 319 g/mol. The lowest BCUT2D eigenvalue weighted by atomic mass is 10.0. The van der Waals surface area contributed by atoms with Crippen LogP contribution in [0.4, 0.5) is 0 Å². The third-order valence-corrected chi connectivity index (χ3v) is 4.30. The molecule has 0 amide bonds. The van der Waals surface area contributed by atoms with Gasteiger partial charge in [0, 0.05) is 17.4 Å². The van der Waals surface area contributed by atoms with E-state index in [1.165, 1.54) is 0 Å². The minimum atomic E-state index is -0.670. The highest BCUT2D eigenvalue weighted by atomic mass is 16.3. The maximum Gasteiger partial charge on any atom is 0.131 e. The minimum Gasteiger partial charge on any atom is -0.374 e. The zero-order valence-electron chi connectivity index (χ0n) is 14.0. The number of hydrogen-bond donors (Lipinski definition) is 2. The van der Waals surface area contributed by atoms with Crippen LogP contribution in [0.1, 0.15) is 31.2 Å². The number of nitrogens with one attached hydrogen (secondary N) is 1. The monoisotopic (exact) mass is 319 g/mol. The van der Waals surface area contributed by atoms with Crippen LogP contribution in [0.5, 0.6) is 0 Å². The molecule has 4 nitrogen and oxygen atoms in total. The van der Waals surface area contributed by atoms with Crippen molar-refractivity contribution in [3.8, 4) is 17.3 Å². The number of nitriles is 1. The Labute approximate surface area is 142 Å². The molecule has 0 radical (unpaired) electrons. The molecule has 3 rings (SSSR count). The third-order valence-electron chi connectivity index (χ3n) is 4.30. The van der Waals surface area contributed by atoms with Gasteiger partial charge < -0.3 is 9.67 Å². The molecule has 24 heavy (non-hydrogen) atoms. The van der Waals surface area contributed by atoms with Gasteiger partial charge in [-0.3, -0.25) is 5.32 Å². The van der Waals surface area contributed by atoms with Crippen LogP contribution in [0.25, 0.3) is 22.2 Å². The smallest absolute Gasteiger partial charge is 0.131 e. The lowest BCUT2D eigenvalue weighted by Gasteiger charge is -2.13. The Morgan fingerprint density at radius 1 is 1.12 bits per heavy atom. The SMILES string of the molecule is CCNC(O)c1ccc(-c2c(C#N)c3ccccc3n2CC)cc1. The first kappa shape index (κ1) is 16.3. The molecule has 1 atom stereocenters. The van der Waals surface area contributed by atoms with Crippen LogP contribution in [0.2, 0.25) is 0 Å². The summed E-state index contributed by atoms with van der Waals surface area (Å²) in [6, 6.07) is 18.1. The Bertz CT molecular complexity index is 888. The minimum absolute atomic E-state index is 0.670. The third kappa shape index (κ3) is 2.69. The molecule has 0 spiro atoms. The Kier molecular flexibility index (Phi) is 4.66. The van der Waals surface area contributed by atoms with Gasteiger partial charge in [0.25, 0.3) is 0 Å². The number of aliphatic hydroxyl groups excluding tert-OH is 1. The molecule has 0 aliphatic rings. The fraction of sp³-hybridized carbons (Fsp3) is 0.250. The van der Waals surface area contributed by atoms with E-state index in [-0.39, 0.29) is 0 Å². The van der Waals surface area contributed by atoms with Gasteiger partial charge in [-0.1, -0.05) is 49.4 Å². The highest BCUT2D eigenvalue weighted by Gasteiger charge is 2.17. The van der Waals surface area contributed by atoms with Crippen molar-refractivity contribution < 1.29 is 5.11 Å². The Morgan fingerprint density at radius 2 is 1.83 bits per heavy atom. The van der Waals surface area contributed by atoms with Crippen molar-refractivity contribution in [2.45, 2.75) is 26.6 Å². The van der Waals surface area contributed by atoms with Gasteiger partial charge in [-0.15, -0.1) is 0 Å². The maximum atomic E-state index is 10.0. The number of benzene rings is 2. The fourth-order valence-corrected chi connectivity index (χ4v) is 3.18. The second-order valence-corrected chi connectivity index (χ2v) is 5.68. The summed E-state index contributed by atoms with van der Waals surface area (Å²) in [5.74, 6) is 0. The summed E-state index contributed by atoms with van der Waals surface area (Å²) in [6.45, 7) is 5.53. The number of rotatable bonds is 5. The summed E-state index contributed by atoms with van der Waals surface area (Å²) >= 11 is 0. The van der Waals surface area contributed by atoms with Crippen molar-refractivity contribution in [2.24, 2.45) is 0 Å². The Morgan fingerprint density at radius 3 is 2.46 bits per heavy atom. The molecule has 1 aromatic heterocycles. The number of aliphatic hydroxyl groups is 1. The quantitative estimate of drug-likeness (QED) is 0.703. The van der Waals surface area contributed by atoms with Gasteiger partial charge in [-0.25, -0.2) is 0 Å². The first-order valence-electron chi connectivity index (χ1n) is 8.24. The van der Waals surface area contributed by atoms with Crippen molar-refractivity contribution in [1.82, 2.24) is 9.88 Å². The van der Waals surface area contributed by atoms with Crippen LogP contribution in [-0.2, 0) is 6.54 Å². The van der Waals surface area contributed by atoms with Gasteiger partial charge >= 0.3 is 0 Å². The first-order valence-corrected chi connectivity index (χ1v) is 8.24. The van der Waals surface area contributed by atoms with Crippen LogP contribution >= 0.6 is 0 Å². The molecule has 0 aliphatic carbocycles. The molecule has 1 heterocycles. The molecule has 0 aliphatic heterocycles. The molecule has 0 saturated carbocycles. The fourth-order valence-electron chi connectivity index (χ4n) is 3.18. The predicted molar refractivity (Wildman–Crippen MR) is 96.4 cm³/mol. The molecular weight excluding hydrogens is 298 g/mol. The van der Waals surface area contributed by atoms with Crippen LogP contribution < -0.4 is 5.32 Å². The van der Waals surface area contributed by atoms with Crippen molar-refractivity contribution in [1.29, 1.82) is 5.26 Å². The predicted octanol–water partition coefficient (Wildman–Crippen LogP) is 3.80. The summed E-state index contributed by atoms with van der Waals surface area (Å²) in [4.78, 5) is 0. The number of aryl methyl sites for hydroxylation is 1. The Balaban J connectivity index is 2.14. The van der Waals surface area contributed by atoms with E-state index in [1.54, 1.807) is 0 Å². The van der Waals surface area contributed by atoms with E-state index >= 15 is 0 Å². The van der Waals surface area contributed by atoms with Crippen LogP contribution in [-0.4, -0.2) is 16.2 Å². The van der Waals surface area contributed by atoms with E-state index in [0.717, 1.165) is 34.3 Å². The molecule has 0 fully saturated rings. The second kappa shape index (κ2) is 6.88. The molecular formula is C20H21N3O. The highest BCUT2D eigenvalue weighted by Crippen LogP contribution is 2.33. The molecule has 122 valence electrons. The molecule has 1 unspecified atom stereocenters. The first-order chi connectivity index (χ1) is 11.7. The van der Waals surface area contributed by atoms with E-state index in [1.807, 2.05) is 55.5 Å². The summed E-state index contributed by atoms with van der Waals surface area (Å²) in [6.07, 6.45) is -0.670. The molecule has 0 bridgehead atoms. The van der Waals surface area contributed by atoms with E-state index in [2.05, 4.69) is 22.9 Å². The number of hydrogen-bond acceptors (Lipinski definition) is 3. The molecule has 4 heteroatoms. The van der Waals surface area contributed by atoms with Crippen molar-refractivity contribution in [3.63, 3.8) is 0 Å². The summed E-state index contributed by atoms with van der Waals surface area (Å²) in [5, 5.41) is 23.7. The maximum absolute atomic E-state index is 10.0. The lowest BCUT2D eigenvalue weighted by molar-refractivity contribution is 0.142. The second-order valence-electron chi connectivity index (χ2n) is 5.68. The lowest BCUT2D eigenvalue weighted by Crippen LogP contribution is -2.19. The van der Waals surface area contributed by atoms with E-state index in [9.17, 15) is 10.4 Å². The van der Waals surface area contributed by atoms with Crippen LogP contribution in [0, 0.1) is 11.3 Å². The average Bonchev–Trinajstić information content (AvgIpc) is 2.95. The van der Waals surface area contributed by atoms with E-state index in [0.29, 0.717) is 12.1 Å². The van der Waals surface area contributed by atoms with Crippen LogP contribution in [0.3, 0.4) is 0 Å². The van der Waals surface area contributed by atoms with Crippen molar-refractivity contribution >= 4 is 10.9 Å². The molecule has 3 aromatic rings. The normalized spacial score (nSPS) is 12.2. The Hall–Kier alpha value is -2.61. The molecule has 2 aromatic carbocycles. The summed E-state index contributed by atoms with van der Waals surface area (Å²) in [5.41, 5.74) is 4.51. The molecule has 2 N–H and O–H groups in total. The summed E-state index contributed by atoms with van der Waals surface area (Å²) < 4.78 is 2.17. The van der Waals surface area contributed by atoms with Gasteiger partial charge in [0.1, 0.15) is 12.3 Å². The van der Waals surface area contributed by atoms with Crippen molar-refractivity contribution in [2.75, 3.05) is 6.54 Å². The highest BCUT2D eigenvalue weighted by molar-refractivity contribution is 5.94. The van der Waals surface area contributed by atoms with Crippen LogP contribution in [0.15, 0.2) is 48.5 Å². The number of nitrogens with zero attached hydrogens (tertiary/aromatic N) is 2. The van der Waals surface area contributed by atoms with E-state index < -0.39 is 6.23 Å². The zero-order valence-corrected chi connectivity index (χ0v) is 14.0. The van der Waals surface area contributed by atoms with Gasteiger partial charge in [0.05, 0.1) is 11.3 Å².